The topological polar surface area (TPSA) is 49.4 Å². The highest BCUT2D eigenvalue weighted by Gasteiger charge is 2.68. The van der Waals surface area contributed by atoms with Crippen molar-refractivity contribution in [1.29, 1.82) is 0 Å². The third-order valence-electron chi connectivity index (χ3n) is 4.10. The average Bonchev–Trinajstić information content (AvgIpc) is 2.83. The number of amides is 2. The summed E-state index contributed by atoms with van der Waals surface area (Å²) in [7, 11) is 0. The Morgan fingerprint density at radius 3 is 2.43 bits per heavy atom. The molecule has 4 rings (SSSR count). The van der Waals surface area contributed by atoms with E-state index in [1.165, 1.54) is 4.90 Å². The van der Waals surface area contributed by atoms with Crippen LogP contribution in [0, 0.1) is 0 Å². The van der Waals surface area contributed by atoms with Crippen molar-refractivity contribution in [2.24, 2.45) is 0 Å². The van der Waals surface area contributed by atoms with Gasteiger partial charge in [-0.2, -0.15) is 0 Å². The summed E-state index contributed by atoms with van der Waals surface area (Å²) in [6.07, 6.45) is 0. The number of carbonyl (C=O) groups excluding carboxylic acids is 2. The van der Waals surface area contributed by atoms with Crippen LogP contribution in [0.25, 0.3) is 0 Å². The fourth-order valence-corrected chi connectivity index (χ4v) is 3.57. The maximum Gasteiger partial charge on any atom is 0.257 e. The van der Waals surface area contributed by atoms with E-state index in [1.807, 2.05) is 42.5 Å². The van der Waals surface area contributed by atoms with E-state index in [-0.39, 0.29) is 11.8 Å². The van der Waals surface area contributed by atoms with Gasteiger partial charge in [-0.15, -0.1) is 11.6 Å². The Hall–Kier alpha value is -2.33. The SMILES string of the molecule is O=C1[C@@H](Cl)C2(C(=O)Nc3ccccc32)N1c1ccccc1. The lowest BCUT2D eigenvalue weighted by molar-refractivity contribution is -0.136. The number of anilines is 2. The molecule has 2 aromatic carbocycles. The highest BCUT2D eigenvalue weighted by molar-refractivity contribution is 6.43. The van der Waals surface area contributed by atoms with E-state index in [9.17, 15) is 9.59 Å². The van der Waals surface area contributed by atoms with Crippen LogP contribution in [0.1, 0.15) is 5.56 Å². The van der Waals surface area contributed by atoms with Gasteiger partial charge in [0, 0.05) is 16.9 Å². The van der Waals surface area contributed by atoms with Gasteiger partial charge in [0.2, 0.25) is 5.91 Å². The molecule has 4 nitrogen and oxygen atoms in total. The van der Waals surface area contributed by atoms with E-state index in [0.29, 0.717) is 11.4 Å². The Kier molecular flexibility index (Phi) is 2.41. The molecule has 1 saturated heterocycles. The van der Waals surface area contributed by atoms with Gasteiger partial charge >= 0.3 is 0 Å². The molecule has 21 heavy (non-hydrogen) atoms. The Balaban J connectivity index is 1.94. The number of benzene rings is 2. The minimum atomic E-state index is -1.14. The molecule has 2 atom stereocenters. The van der Waals surface area contributed by atoms with Crippen LogP contribution in [0.2, 0.25) is 0 Å². The zero-order valence-corrected chi connectivity index (χ0v) is 11.7. The minimum absolute atomic E-state index is 0.255. The van der Waals surface area contributed by atoms with Crippen LogP contribution in [0.5, 0.6) is 0 Å². The molecular formula is C16H11ClN2O2. The maximum absolute atomic E-state index is 12.6. The van der Waals surface area contributed by atoms with Gasteiger partial charge in [-0.25, -0.2) is 0 Å². The Bertz CT molecular complexity index is 762. The summed E-state index contributed by atoms with van der Waals surface area (Å²) in [5.41, 5.74) is 0.989. The first-order valence-electron chi connectivity index (χ1n) is 6.61. The van der Waals surface area contributed by atoms with Crippen LogP contribution in [-0.2, 0) is 15.1 Å². The van der Waals surface area contributed by atoms with Crippen molar-refractivity contribution in [2.45, 2.75) is 10.9 Å². The number of rotatable bonds is 1. The predicted molar refractivity (Wildman–Crippen MR) is 80.3 cm³/mol. The fraction of sp³-hybridized carbons (Fsp3) is 0.125. The second-order valence-corrected chi connectivity index (χ2v) is 5.57. The third kappa shape index (κ3) is 1.35. The van der Waals surface area contributed by atoms with E-state index in [0.717, 1.165) is 5.56 Å². The van der Waals surface area contributed by atoms with Crippen LogP contribution >= 0.6 is 11.6 Å². The van der Waals surface area contributed by atoms with E-state index < -0.39 is 10.9 Å². The fourth-order valence-electron chi connectivity index (χ4n) is 3.16. The second-order valence-electron chi connectivity index (χ2n) is 5.14. The number of halogens is 1. The molecule has 1 N–H and O–H groups in total. The number of hydrogen-bond donors (Lipinski definition) is 1. The molecular weight excluding hydrogens is 288 g/mol. The summed E-state index contributed by atoms with van der Waals surface area (Å²) >= 11 is 6.28. The highest BCUT2D eigenvalue weighted by Crippen LogP contribution is 2.53. The summed E-state index contributed by atoms with van der Waals surface area (Å²) in [4.78, 5) is 26.4. The van der Waals surface area contributed by atoms with Gasteiger partial charge in [-0.3, -0.25) is 14.5 Å². The van der Waals surface area contributed by atoms with Gasteiger partial charge in [-0.05, 0) is 18.2 Å². The number of nitrogens with zero attached hydrogens (tertiary/aromatic N) is 1. The van der Waals surface area contributed by atoms with Crippen LogP contribution in [-0.4, -0.2) is 17.2 Å². The summed E-state index contributed by atoms with van der Waals surface area (Å²) in [6, 6.07) is 16.5. The van der Waals surface area contributed by atoms with Crippen LogP contribution in [0.15, 0.2) is 54.6 Å². The summed E-state index contributed by atoms with van der Waals surface area (Å²) in [6.45, 7) is 0. The molecule has 2 heterocycles. The van der Waals surface area contributed by atoms with Crippen LogP contribution in [0.3, 0.4) is 0 Å². The van der Waals surface area contributed by atoms with Crippen molar-refractivity contribution in [1.82, 2.24) is 0 Å². The quantitative estimate of drug-likeness (QED) is 0.649. The monoisotopic (exact) mass is 298 g/mol. The van der Waals surface area contributed by atoms with Gasteiger partial charge < -0.3 is 5.32 Å². The van der Waals surface area contributed by atoms with Crippen molar-refractivity contribution in [3.05, 3.63) is 60.2 Å². The number of carbonyl (C=O) groups is 2. The van der Waals surface area contributed by atoms with Crippen LogP contribution < -0.4 is 10.2 Å². The zero-order valence-electron chi connectivity index (χ0n) is 10.9. The van der Waals surface area contributed by atoms with Gasteiger partial charge in [0.25, 0.3) is 5.91 Å². The molecule has 2 aliphatic rings. The average molecular weight is 299 g/mol. The number of alkyl halides is 1. The van der Waals surface area contributed by atoms with E-state index in [4.69, 9.17) is 11.6 Å². The Morgan fingerprint density at radius 2 is 1.67 bits per heavy atom. The third-order valence-corrected chi connectivity index (χ3v) is 4.61. The number of hydrogen-bond acceptors (Lipinski definition) is 2. The first kappa shape index (κ1) is 12.4. The van der Waals surface area contributed by atoms with E-state index >= 15 is 0 Å². The summed E-state index contributed by atoms with van der Waals surface area (Å²) in [5, 5.41) is 1.94. The molecule has 0 bridgehead atoms. The molecule has 0 saturated carbocycles. The number of fused-ring (bicyclic) bond motifs is 2. The molecule has 0 aromatic heterocycles. The van der Waals surface area contributed by atoms with E-state index in [1.54, 1.807) is 12.1 Å². The first-order chi connectivity index (χ1) is 10.2. The molecule has 1 unspecified atom stereocenters. The van der Waals surface area contributed by atoms with Gasteiger partial charge in [0.15, 0.2) is 5.54 Å². The van der Waals surface area contributed by atoms with Gasteiger partial charge in [-0.1, -0.05) is 36.4 Å². The predicted octanol–water partition coefficient (Wildman–Crippen LogP) is 2.49. The molecule has 2 aromatic rings. The minimum Gasteiger partial charge on any atom is -0.323 e. The Labute approximate surface area is 126 Å². The lowest BCUT2D eigenvalue weighted by Gasteiger charge is -2.51. The maximum atomic E-state index is 12.6. The summed E-state index contributed by atoms with van der Waals surface area (Å²) < 4.78 is 0. The molecule has 1 fully saturated rings. The summed E-state index contributed by atoms with van der Waals surface area (Å²) in [5.74, 6) is -0.512. The largest absolute Gasteiger partial charge is 0.323 e. The molecule has 1 spiro atoms. The molecule has 2 aliphatic heterocycles. The van der Waals surface area contributed by atoms with E-state index in [2.05, 4.69) is 5.32 Å². The van der Waals surface area contributed by atoms with Crippen molar-refractivity contribution >= 4 is 34.8 Å². The number of β-lactam (4-membered cyclic amide) rings is 1. The molecule has 0 radical (unpaired) electrons. The normalized spacial score (nSPS) is 26.5. The van der Waals surface area contributed by atoms with Crippen molar-refractivity contribution in [2.75, 3.05) is 10.2 Å². The smallest absolute Gasteiger partial charge is 0.257 e. The zero-order chi connectivity index (χ0) is 14.6. The molecule has 2 amide bonds. The standard InChI is InChI=1S/C16H11ClN2O2/c17-13-14(20)19(10-6-2-1-3-7-10)16(13)11-8-4-5-9-12(11)18-15(16)21/h1-9,13H,(H,18,21)/t13-,16?/m1/s1. The van der Waals surface area contributed by atoms with Crippen molar-refractivity contribution < 1.29 is 9.59 Å². The molecule has 104 valence electrons. The number of para-hydroxylation sites is 2. The van der Waals surface area contributed by atoms with Crippen LogP contribution in [0.4, 0.5) is 11.4 Å². The number of nitrogens with one attached hydrogen (secondary N) is 1. The van der Waals surface area contributed by atoms with Gasteiger partial charge in [0.1, 0.15) is 5.38 Å². The highest BCUT2D eigenvalue weighted by atomic mass is 35.5. The molecule has 0 aliphatic carbocycles. The van der Waals surface area contributed by atoms with Crippen molar-refractivity contribution in [3.8, 4) is 0 Å². The molecule has 5 heteroatoms. The first-order valence-corrected chi connectivity index (χ1v) is 7.05. The van der Waals surface area contributed by atoms with Gasteiger partial charge in [0.05, 0.1) is 0 Å². The Morgan fingerprint density at radius 1 is 1.00 bits per heavy atom. The second kappa shape index (κ2) is 4.09. The van der Waals surface area contributed by atoms with Crippen molar-refractivity contribution in [3.63, 3.8) is 0 Å². The lowest BCUT2D eigenvalue weighted by atomic mass is 9.77. The lowest BCUT2D eigenvalue weighted by Crippen LogP contribution is -2.73.